The first-order chi connectivity index (χ1) is 20.4. The van der Waals surface area contributed by atoms with E-state index in [4.69, 9.17) is 9.47 Å². The fourth-order valence-electron chi connectivity index (χ4n) is 5.42. The molecule has 4 unspecified atom stereocenters. The Morgan fingerprint density at radius 2 is 1.75 bits per heavy atom. The van der Waals surface area contributed by atoms with Crippen LogP contribution in [0.4, 0.5) is 0 Å². The molecule has 0 aromatic carbocycles. The van der Waals surface area contributed by atoms with E-state index >= 15 is 0 Å². The predicted molar refractivity (Wildman–Crippen MR) is 173 cm³/mol. The van der Waals surface area contributed by atoms with E-state index in [0.717, 1.165) is 6.42 Å². The summed E-state index contributed by atoms with van der Waals surface area (Å²) >= 11 is 0.680. The summed E-state index contributed by atoms with van der Waals surface area (Å²) in [6.45, 7) is 17.4. The molecule has 1 aliphatic heterocycles. The van der Waals surface area contributed by atoms with Gasteiger partial charge in [0.2, 0.25) is 0 Å². The van der Waals surface area contributed by atoms with Crippen molar-refractivity contribution in [2.45, 2.75) is 120 Å². The average Bonchev–Trinajstić information content (AvgIpc) is 3.46. The number of ketones is 2. The Hall–Kier alpha value is -1.26. The van der Waals surface area contributed by atoms with Gasteiger partial charge in [0.1, 0.15) is 20.1 Å². The number of Topliss-reactive ketones (excluding diaryl/α,β-unsaturated/α-hetero) is 2. The van der Waals surface area contributed by atoms with Gasteiger partial charge in [0.25, 0.3) is 20.0 Å². The van der Waals surface area contributed by atoms with E-state index in [2.05, 4.69) is 10.0 Å². The van der Waals surface area contributed by atoms with Gasteiger partial charge in [0.15, 0.2) is 11.6 Å². The molecule has 1 aliphatic rings. The minimum Gasteiger partial charge on any atom is -0.385 e. The molecule has 1 aromatic heterocycles. The van der Waals surface area contributed by atoms with Gasteiger partial charge in [-0.05, 0) is 58.6 Å². The summed E-state index contributed by atoms with van der Waals surface area (Å²) in [6.07, 6.45) is 0.694. The normalized spacial score (nSPS) is 21.9. The number of nitrogens with zero attached hydrogens (tertiary/aromatic N) is 1. The smallest absolute Gasteiger partial charge is 0.252 e. The lowest BCUT2D eigenvalue weighted by molar-refractivity contribution is -0.162. The van der Waals surface area contributed by atoms with Crippen molar-refractivity contribution in [1.29, 1.82) is 0 Å². The van der Waals surface area contributed by atoms with Crippen LogP contribution < -0.4 is 10.0 Å². The van der Waals surface area contributed by atoms with Crippen molar-refractivity contribution in [3.05, 3.63) is 11.6 Å². The second kappa shape index (κ2) is 15.6. The van der Waals surface area contributed by atoms with Gasteiger partial charge in [0.05, 0.1) is 5.54 Å². The van der Waals surface area contributed by atoms with Crippen molar-refractivity contribution >= 4 is 42.9 Å². The number of thiophene rings is 1. The van der Waals surface area contributed by atoms with E-state index in [1.54, 1.807) is 21.0 Å². The summed E-state index contributed by atoms with van der Waals surface area (Å²) < 4.78 is 69.5. The molecule has 0 spiro atoms. The quantitative estimate of drug-likeness (QED) is 0.205. The van der Waals surface area contributed by atoms with Gasteiger partial charge in [-0.25, -0.2) is 16.8 Å². The first-order valence-corrected chi connectivity index (χ1v) is 19.3. The highest BCUT2D eigenvalue weighted by Gasteiger charge is 2.46. The molecule has 2 N–H and O–H groups in total. The van der Waals surface area contributed by atoms with Crippen molar-refractivity contribution in [3.8, 4) is 0 Å². The summed E-state index contributed by atoms with van der Waals surface area (Å²) in [4.78, 5) is 27.2. The zero-order chi connectivity index (χ0) is 33.7. The van der Waals surface area contributed by atoms with Crippen LogP contribution in [-0.4, -0.2) is 83.3 Å². The molecule has 0 saturated carbocycles. The number of methoxy groups -OCH3 is 1. The fourth-order valence-corrected chi connectivity index (χ4v) is 10.8. The van der Waals surface area contributed by atoms with E-state index in [1.165, 1.54) is 24.2 Å². The van der Waals surface area contributed by atoms with E-state index in [1.807, 2.05) is 34.6 Å². The van der Waals surface area contributed by atoms with Crippen molar-refractivity contribution in [3.63, 3.8) is 0 Å². The molecule has 14 heteroatoms. The van der Waals surface area contributed by atoms with Crippen molar-refractivity contribution in [2.24, 2.45) is 11.8 Å². The molecule has 0 bridgehead atoms. The van der Waals surface area contributed by atoms with Gasteiger partial charge in [-0.15, -0.1) is 11.3 Å². The molecular formula is C30H53N3O8S3. The maximum Gasteiger partial charge on any atom is 0.252 e. The standard InChI is InChI=1S/C30H53N3O8S3/c1-11-20(5)21(6)26(34)30(9,13-3)41-22(7)27(35)29(8,12-2)32-43(36,37)25-18-23-24(31-14-4)19-33(16-15-17-40-10)44(38,39)28(23)42-25/h18,20-22,24,31-32H,11-17,19H2,1-10H3/t20?,21?,22-,24-,29?,30?/m0/s1. The number of ether oxygens (including phenoxy) is 2. The van der Waals surface area contributed by atoms with Crippen LogP contribution in [0.2, 0.25) is 0 Å². The summed E-state index contributed by atoms with van der Waals surface area (Å²) in [7, 11) is -6.72. The van der Waals surface area contributed by atoms with Gasteiger partial charge in [0, 0.05) is 44.3 Å². The number of nitrogens with one attached hydrogen (secondary N) is 2. The molecule has 0 aliphatic carbocycles. The highest BCUT2D eigenvalue weighted by atomic mass is 32.3. The molecule has 0 saturated heterocycles. The average molecular weight is 680 g/mol. The molecule has 11 nitrogen and oxygen atoms in total. The van der Waals surface area contributed by atoms with Crippen LogP contribution in [0.5, 0.6) is 0 Å². The van der Waals surface area contributed by atoms with Gasteiger partial charge >= 0.3 is 0 Å². The number of hydrogen-bond acceptors (Lipinski definition) is 10. The third-order valence-corrected chi connectivity index (χ3v) is 14.6. The second-order valence-corrected chi connectivity index (χ2v) is 17.3. The fraction of sp³-hybridized carbons (Fsp3) is 0.800. The second-order valence-electron chi connectivity index (χ2n) is 12.2. The highest BCUT2D eigenvalue weighted by Crippen LogP contribution is 2.41. The minimum absolute atomic E-state index is 0.0265. The number of fused-ring (bicyclic) bond motifs is 1. The molecule has 44 heavy (non-hydrogen) atoms. The SMILES string of the molecule is CCN[C@H]1CN(CCCOC)S(=O)(=O)c2sc(S(=O)(=O)NC(C)(CC)C(=O)[C@H](C)OC(C)(CC)C(=O)C(C)C(C)CC)cc21. The molecule has 0 amide bonds. The number of sulfonamides is 2. The van der Waals surface area contributed by atoms with Crippen LogP contribution in [0.1, 0.15) is 99.6 Å². The lowest BCUT2D eigenvalue weighted by atomic mass is 9.81. The molecule has 2 rings (SSSR count). The monoisotopic (exact) mass is 679 g/mol. The molecule has 1 aromatic rings. The number of rotatable bonds is 19. The first-order valence-electron chi connectivity index (χ1n) is 15.6. The Balaban J connectivity index is 2.40. The van der Waals surface area contributed by atoms with Crippen LogP contribution in [0.15, 0.2) is 14.5 Å². The molecule has 0 radical (unpaired) electrons. The van der Waals surface area contributed by atoms with E-state index in [9.17, 15) is 26.4 Å². The number of carbonyl (C=O) groups is 2. The Bertz CT molecular complexity index is 1360. The van der Waals surface area contributed by atoms with E-state index < -0.39 is 49.1 Å². The van der Waals surface area contributed by atoms with Crippen LogP contribution in [0.3, 0.4) is 0 Å². The summed E-state index contributed by atoms with van der Waals surface area (Å²) in [5.74, 6) is -0.743. The van der Waals surface area contributed by atoms with Crippen LogP contribution in [0.25, 0.3) is 0 Å². The third-order valence-electron chi connectivity index (χ3n) is 9.03. The largest absolute Gasteiger partial charge is 0.385 e. The minimum atomic E-state index is -4.33. The van der Waals surface area contributed by atoms with Gasteiger partial charge in [-0.2, -0.15) is 9.03 Å². The van der Waals surface area contributed by atoms with Crippen LogP contribution >= 0.6 is 11.3 Å². The lowest BCUT2D eigenvalue weighted by Gasteiger charge is -2.36. The maximum absolute atomic E-state index is 13.8. The molecule has 0 fully saturated rings. The van der Waals surface area contributed by atoms with Crippen LogP contribution in [0, 0.1) is 11.8 Å². The Morgan fingerprint density at radius 3 is 2.27 bits per heavy atom. The Morgan fingerprint density at radius 1 is 1.11 bits per heavy atom. The maximum atomic E-state index is 13.8. The number of likely N-dealkylation sites (N-methyl/N-ethyl adjacent to an activating group) is 1. The van der Waals surface area contributed by atoms with Crippen molar-refractivity contribution in [2.75, 3.05) is 33.4 Å². The van der Waals surface area contributed by atoms with Gasteiger partial charge in [-0.3, -0.25) is 9.59 Å². The summed E-state index contributed by atoms with van der Waals surface area (Å²) in [6, 6.07) is 1.000. The van der Waals surface area contributed by atoms with E-state index in [0.29, 0.717) is 42.9 Å². The van der Waals surface area contributed by atoms with Gasteiger partial charge in [-0.1, -0.05) is 48.0 Å². The highest BCUT2D eigenvalue weighted by molar-refractivity contribution is 7.94. The van der Waals surface area contributed by atoms with Crippen molar-refractivity contribution < 1.29 is 35.9 Å². The van der Waals surface area contributed by atoms with Crippen LogP contribution in [-0.2, 0) is 39.1 Å². The third kappa shape index (κ3) is 8.36. The number of carbonyl (C=O) groups excluding carboxylic acids is 2. The zero-order valence-electron chi connectivity index (χ0n) is 28.0. The zero-order valence-corrected chi connectivity index (χ0v) is 30.4. The van der Waals surface area contributed by atoms with Gasteiger partial charge < -0.3 is 14.8 Å². The lowest BCUT2D eigenvalue weighted by Crippen LogP contribution is -2.57. The molecular weight excluding hydrogens is 627 g/mol. The Kier molecular flexibility index (Phi) is 13.8. The number of hydrogen-bond donors (Lipinski definition) is 2. The topological polar surface area (TPSA) is 148 Å². The molecule has 6 atom stereocenters. The first kappa shape index (κ1) is 38.9. The molecule has 254 valence electrons. The molecule has 2 heterocycles. The summed E-state index contributed by atoms with van der Waals surface area (Å²) in [5, 5.41) is 3.27. The summed E-state index contributed by atoms with van der Waals surface area (Å²) in [5.41, 5.74) is -2.40. The van der Waals surface area contributed by atoms with Crippen molar-refractivity contribution in [1.82, 2.24) is 14.3 Å². The predicted octanol–water partition coefficient (Wildman–Crippen LogP) is 4.28. The Labute approximate surface area is 268 Å². The van der Waals surface area contributed by atoms with E-state index in [-0.39, 0.29) is 45.5 Å².